The molecule has 2 heterocycles. The minimum Gasteiger partial charge on any atom is -0.378 e. The number of pyridine rings is 1. The number of ketones is 1. The lowest BCUT2D eigenvalue weighted by atomic mass is 9.74. The van der Waals surface area contributed by atoms with E-state index in [1.165, 1.54) is 12.1 Å². The van der Waals surface area contributed by atoms with Crippen LogP contribution in [0, 0.1) is 5.82 Å². The molecule has 0 bridgehead atoms. The average molecular weight is 306 g/mol. The molecule has 21 heavy (non-hydrogen) atoms. The molecule has 0 saturated carbocycles. The van der Waals surface area contributed by atoms with Crippen molar-refractivity contribution in [3.05, 3.63) is 64.7 Å². The van der Waals surface area contributed by atoms with Gasteiger partial charge in [0.05, 0.1) is 13.2 Å². The fourth-order valence-corrected chi connectivity index (χ4v) is 2.52. The van der Waals surface area contributed by atoms with Crippen LogP contribution in [0.25, 0.3) is 0 Å². The van der Waals surface area contributed by atoms with Crippen LogP contribution in [0.15, 0.2) is 42.6 Å². The molecular formula is C16H13ClFNO2. The van der Waals surface area contributed by atoms with E-state index < -0.39 is 5.41 Å². The van der Waals surface area contributed by atoms with Crippen LogP contribution in [0.1, 0.15) is 11.1 Å². The number of aromatic nitrogens is 1. The van der Waals surface area contributed by atoms with Gasteiger partial charge in [0.15, 0.2) is 5.78 Å². The molecule has 2 aromatic rings. The van der Waals surface area contributed by atoms with Gasteiger partial charge >= 0.3 is 0 Å². The summed E-state index contributed by atoms with van der Waals surface area (Å²) < 4.78 is 18.2. The second-order valence-electron chi connectivity index (χ2n) is 5.17. The molecule has 108 valence electrons. The molecule has 1 aliphatic rings. The van der Waals surface area contributed by atoms with Crippen molar-refractivity contribution in [2.45, 2.75) is 11.8 Å². The fraction of sp³-hybridized carbons (Fsp3) is 0.250. The summed E-state index contributed by atoms with van der Waals surface area (Å²) in [5.41, 5.74) is 0.936. The van der Waals surface area contributed by atoms with Crippen LogP contribution >= 0.6 is 11.6 Å². The van der Waals surface area contributed by atoms with Gasteiger partial charge in [0.2, 0.25) is 0 Å². The first-order valence-electron chi connectivity index (χ1n) is 6.58. The Hall–Kier alpha value is -1.78. The number of ether oxygens (including phenoxy) is 1. The molecule has 0 aliphatic carbocycles. The Balaban J connectivity index is 1.83. The van der Waals surface area contributed by atoms with Gasteiger partial charge in [0.1, 0.15) is 16.4 Å². The Labute approximate surface area is 126 Å². The van der Waals surface area contributed by atoms with E-state index in [-0.39, 0.29) is 18.0 Å². The van der Waals surface area contributed by atoms with Gasteiger partial charge in [-0.2, -0.15) is 0 Å². The van der Waals surface area contributed by atoms with Crippen molar-refractivity contribution in [2.75, 3.05) is 13.2 Å². The van der Waals surface area contributed by atoms with E-state index >= 15 is 0 Å². The third kappa shape index (κ3) is 2.69. The van der Waals surface area contributed by atoms with Crippen molar-refractivity contribution in [1.29, 1.82) is 0 Å². The Morgan fingerprint density at radius 1 is 1.24 bits per heavy atom. The van der Waals surface area contributed by atoms with Crippen molar-refractivity contribution in [2.24, 2.45) is 0 Å². The van der Waals surface area contributed by atoms with Gasteiger partial charge in [0, 0.05) is 12.6 Å². The molecule has 1 fully saturated rings. The van der Waals surface area contributed by atoms with E-state index in [1.807, 2.05) is 0 Å². The zero-order valence-corrected chi connectivity index (χ0v) is 11.9. The summed E-state index contributed by atoms with van der Waals surface area (Å²) in [6, 6.07) is 9.44. The number of benzene rings is 1. The maximum absolute atomic E-state index is 12.9. The minimum atomic E-state index is -0.661. The van der Waals surface area contributed by atoms with E-state index in [0.717, 1.165) is 11.1 Å². The largest absolute Gasteiger partial charge is 0.378 e. The van der Waals surface area contributed by atoms with E-state index in [1.54, 1.807) is 30.5 Å². The SMILES string of the molecule is O=C(Cc1ccc(F)cc1)C1(c2ccc(Cl)nc2)COC1. The number of nitrogens with zero attached hydrogens (tertiary/aromatic N) is 1. The number of hydrogen-bond acceptors (Lipinski definition) is 3. The number of halogens is 2. The lowest BCUT2D eigenvalue weighted by molar-refractivity contribution is -0.142. The Bertz CT molecular complexity index is 651. The lowest BCUT2D eigenvalue weighted by Gasteiger charge is -2.40. The molecule has 0 N–H and O–H groups in total. The number of rotatable bonds is 4. The van der Waals surface area contributed by atoms with Crippen LogP contribution in [-0.2, 0) is 21.4 Å². The molecule has 0 amide bonds. The topological polar surface area (TPSA) is 39.2 Å². The van der Waals surface area contributed by atoms with Crippen molar-refractivity contribution in [3.8, 4) is 0 Å². The Morgan fingerprint density at radius 3 is 2.48 bits per heavy atom. The predicted molar refractivity (Wildman–Crippen MR) is 76.9 cm³/mol. The molecule has 5 heteroatoms. The first-order chi connectivity index (χ1) is 10.1. The van der Waals surface area contributed by atoms with Crippen LogP contribution in [0.5, 0.6) is 0 Å². The third-order valence-corrected chi connectivity index (χ3v) is 4.01. The summed E-state index contributed by atoms with van der Waals surface area (Å²) in [5.74, 6) is -0.265. The molecule has 0 radical (unpaired) electrons. The van der Waals surface area contributed by atoms with Crippen LogP contribution in [0.4, 0.5) is 4.39 Å². The van der Waals surface area contributed by atoms with Gasteiger partial charge in [-0.3, -0.25) is 4.79 Å². The highest BCUT2D eigenvalue weighted by Crippen LogP contribution is 2.34. The molecule has 0 atom stereocenters. The average Bonchev–Trinajstić information content (AvgIpc) is 2.42. The summed E-state index contributed by atoms with van der Waals surface area (Å²) in [5, 5.41) is 0.389. The second kappa shape index (κ2) is 5.54. The second-order valence-corrected chi connectivity index (χ2v) is 5.56. The number of carbonyl (C=O) groups is 1. The number of hydrogen-bond donors (Lipinski definition) is 0. The van der Waals surface area contributed by atoms with Crippen LogP contribution in [0.3, 0.4) is 0 Å². The van der Waals surface area contributed by atoms with Crippen LogP contribution in [-0.4, -0.2) is 24.0 Å². The quantitative estimate of drug-likeness (QED) is 0.815. The first kappa shape index (κ1) is 14.2. The summed E-state index contributed by atoms with van der Waals surface area (Å²) in [4.78, 5) is 16.7. The molecule has 1 aliphatic heterocycles. The van der Waals surface area contributed by atoms with Gasteiger partial charge in [-0.05, 0) is 29.3 Å². The van der Waals surface area contributed by atoms with Gasteiger partial charge in [-0.1, -0.05) is 29.8 Å². The number of carbonyl (C=O) groups excluding carboxylic acids is 1. The maximum atomic E-state index is 12.9. The molecular weight excluding hydrogens is 293 g/mol. The van der Waals surface area contributed by atoms with Gasteiger partial charge in [0.25, 0.3) is 0 Å². The van der Waals surface area contributed by atoms with Gasteiger partial charge < -0.3 is 4.74 Å². The van der Waals surface area contributed by atoms with Crippen molar-refractivity contribution in [1.82, 2.24) is 4.98 Å². The molecule has 0 unspecified atom stereocenters. The molecule has 3 nitrogen and oxygen atoms in total. The predicted octanol–water partition coefficient (Wildman–Crippen LogP) is 2.95. The Morgan fingerprint density at radius 2 is 1.95 bits per heavy atom. The zero-order chi connectivity index (χ0) is 14.9. The normalized spacial score (nSPS) is 16.3. The maximum Gasteiger partial charge on any atom is 0.152 e. The van der Waals surface area contributed by atoms with Crippen LogP contribution < -0.4 is 0 Å². The number of Topliss-reactive ketones (excluding diaryl/α,β-unsaturated/α-hetero) is 1. The molecule has 3 rings (SSSR count). The smallest absolute Gasteiger partial charge is 0.152 e. The minimum absolute atomic E-state index is 0.0458. The fourth-order valence-electron chi connectivity index (χ4n) is 2.41. The summed E-state index contributed by atoms with van der Waals surface area (Å²) >= 11 is 5.78. The highest BCUT2D eigenvalue weighted by atomic mass is 35.5. The van der Waals surface area contributed by atoms with Gasteiger partial charge in [-0.15, -0.1) is 0 Å². The van der Waals surface area contributed by atoms with E-state index in [4.69, 9.17) is 16.3 Å². The van der Waals surface area contributed by atoms with Crippen molar-refractivity contribution in [3.63, 3.8) is 0 Å². The summed E-state index contributed by atoms with van der Waals surface area (Å²) in [6.45, 7) is 0.687. The molecule has 1 aromatic carbocycles. The van der Waals surface area contributed by atoms with E-state index in [0.29, 0.717) is 18.4 Å². The Kier molecular flexibility index (Phi) is 3.74. The van der Waals surface area contributed by atoms with Crippen molar-refractivity contribution >= 4 is 17.4 Å². The van der Waals surface area contributed by atoms with Crippen molar-refractivity contribution < 1.29 is 13.9 Å². The highest BCUT2D eigenvalue weighted by molar-refractivity contribution is 6.29. The lowest BCUT2D eigenvalue weighted by Crippen LogP contribution is -2.53. The highest BCUT2D eigenvalue weighted by Gasteiger charge is 2.46. The molecule has 1 aromatic heterocycles. The van der Waals surface area contributed by atoms with E-state index in [9.17, 15) is 9.18 Å². The molecule has 0 spiro atoms. The van der Waals surface area contributed by atoms with Crippen LogP contribution in [0.2, 0.25) is 5.15 Å². The summed E-state index contributed by atoms with van der Waals surface area (Å²) in [6.07, 6.45) is 1.86. The third-order valence-electron chi connectivity index (χ3n) is 3.79. The summed E-state index contributed by atoms with van der Waals surface area (Å²) in [7, 11) is 0. The standard InChI is InChI=1S/C16H13ClFNO2/c17-15-6-3-12(8-19-15)16(9-21-10-16)14(20)7-11-1-4-13(18)5-2-11/h1-6,8H,7,9-10H2. The molecule has 1 saturated heterocycles. The van der Waals surface area contributed by atoms with Gasteiger partial charge in [-0.25, -0.2) is 9.37 Å². The van der Waals surface area contributed by atoms with E-state index in [2.05, 4.69) is 4.98 Å². The zero-order valence-electron chi connectivity index (χ0n) is 11.2. The monoisotopic (exact) mass is 305 g/mol. The first-order valence-corrected chi connectivity index (χ1v) is 6.95.